The fourth-order valence-corrected chi connectivity index (χ4v) is 2.21. The number of Topliss-reactive ketones (excluding diaryl/α,β-unsaturated/α-hetero) is 1. The summed E-state index contributed by atoms with van der Waals surface area (Å²) in [7, 11) is 0. The molecule has 2 aromatic rings. The third-order valence-electron chi connectivity index (χ3n) is 2.92. The number of hydrogen-bond acceptors (Lipinski definition) is 3. The monoisotopic (exact) mass is 348 g/mol. The third-order valence-corrected chi connectivity index (χ3v) is 3.43. The lowest BCUT2D eigenvalue weighted by Gasteiger charge is -2.13. The molecule has 0 radical (unpaired) electrons. The number of benzene rings is 2. The van der Waals surface area contributed by atoms with Crippen molar-refractivity contribution >= 4 is 21.7 Å². The first-order valence-electron chi connectivity index (χ1n) is 6.77. The normalized spacial score (nSPS) is 10.2. The SMILES string of the molecule is CCOc1ccc(C(=O)CBr)cc1OCc1ccccc1. The van der Waals surface area contributed by atoms with E-state index in [0.717, 1.165) is 5.56 Å². The molecule has 0 unspecified atom stereocenters. The second-order valence-electron chi connectivity index (χ2n) is 4.43. The summed E-state index contributed by atoms with van der Waals surface area (Å²) in [5, 5.41) is 0.291. The predicted molar refractivity (Wildman–Crippen MR) is 86.5 cm³/mol. The van der Waals surface area contributed by atoms with Gasteiger partial charge in [-0.25, -0.2) is 0 Å². The molecule has 0 fully saturated rings. The number of carbonyl (C=O) groups excluding carboxylic acids is 1. The highest BCUT2D eigenvalue weighted by Crippen LogP contribution is 2.29. The second kappa shape index (κ2) is 7.84. The van der Waals surface area contributed by atoms with Crippen molar-refractivity contribution in [3.63, 3.8) is 0 Å². The van der Waals surface area contributed by atoms with Gasteiger partial charge in [0, 0.05) is 5.56 Å². The number of rotatable bonds is 7. The van der Waals surface area contributed by atoms with Crippen LogP contribution in [0.1, 0.15) is 22.8 Å². The Balaban J connectivity index is 2.19. The number of alkyl halides is 1. The van der Waals surface area contributed by atoms with Gasteiger partial charge in [-0.05, 0) is 30.7 Å². The van der Waals surface area contributed by atoms with Gasteiger partial charge in [0.15, 0.2) is 17.3 Å². The molecular formula is C17H17BrO3. The summed E-state index contributed by atoms with van der Waals surface area (Å²) in [6.07, 6.45) is 0. The zero-order valence-corrected chi connectivity index (χ0v) is 13.4. The van der Waals surface area contributed by atoms with E-state index < -0.39 is 0 Å². The summed E-state index contributed by atoms with van der Waals surface area (Å²) in [6.45, 7) is 2.90. The van der Waals surface area contributed by atoms with E-state index >= 15 is 0 Å². The molecule has 2 rings (SSSR count). The molecule has 0 aliphatic carbocycles. The smallest absolute Gasteiger partial charge is 0.173 e. The predicted octanol–water partition coefficient (Wildman–Crippen LogP) is 4.24. The summed E-state index contributed by atoms with van der Waals surface area (Å²) in [4.78, 5) is 11.8. The first-order chi connectivity index (χ1) is 10.2. The fraction of sp³-hybridized carbons (Fsp3) is 0.235. The van der Waals surface area contributed by atoms with Gasteiger partial charge in [0.2, 0.25) is 0 Å². The van der Waals surface area contributed by atoms with Crippen LogP contribution in [-0.4, -0.2) is 17.7 Å². The highest BCUT2D eigenvalue weighted by Gasteiger charge is 2.11. The highest BCUT2D eigenvalue weighted by molar-refractivity contribution is 9.09. The van der Waals surface area contributed by atoms with Crippen LogP contribution < -0.4 is 9.47 Å². The van der Waals surface area contributed by atoms with Gasteiger partial charge in [-0.3, -0.25) is 4.79 Å². The van der Waals surface area contributed by atoms with Crippen LogP contribution >= 0.6 is 15.9 Å². The van der Waals surface area contributed by atoms with Crippen LogP contribution in [0.4, 0.5) is 0 Å². The molecule has 2 aromatic carbocycles. The number of hydrogen-bond donors (Lipinski definition) is 0. The van der Waals surface area contributed by atoms with Crippen molar-refractivity contribution in [2.75, 3.05) is 11.9 Å². The Labute approximate surface area is 133 Å². The second-order valence-corrected chi connectivity index (χ2v) is 4.99. The van der Waals surface area contributed by atoms with E-state index in [4.69, 9.17) is 9.47 Å². The topological polar surface area (TPSA) is 35.5 Å². The molecule has 0 bridgehead atoms. The van der Waals surface area contributed by atoms with Gasteiger partial charge in [0.1, 0.15) is 6.61 Å². The molecule has 0 N–H and O–H groups in total. The molecule has 0 heterocycles. The van der Waals surface area contributed by atoms with Crippen LogP contribution in [0.15, 0.2) is 48.5 Å². The van der Waals surface area contributed by atoms with Crippen molar-refractivity contribution in [2.24, 2.45) is 0 Å². The Morgan fingerprint density at radius 2 is 1.81 bits per heavy atom. The number of ether oxygens (including phenoxy) is 2. The van der Waals surface area contributed by atoms with Crippen LogP contribution in [0.3, 0.4) is 0 Å². The molecule has 0 atom stereocenters. The average Bonchev–Trinajstić information content (AvgIpc) is 2.54. The van der Waals surface area contributed by atoms with Crippen LogP contribution in [0.25, 0.3) is 0 Å². The number of carbonyl (C=O) groups is 1. The fourth-order valence-electron chi connectivity index (χ4n) is 1.88. The van der Waals surface area contributed by atoms with E-state index in [-0.39, 0.29) is 5.78 Å². The lowest BCUT2D eigenvalue weighted by molar-refractivity contribution is 0.102. The van der Waals surface area contributed by atoms with Crippen molar-refractivity contribution in [2.45, 2.75) is 13.5 Å². The third kappa shape index (κ3) is 4.33. The van der Waals surface area contributed by atoms with Crippen LogP contribution in [0, 0.1) is 0 Å². The van der Waals surface area contributed by atoms with Crippen molar-refractivity contribution in [1.82, 2.24) is 0 Å². The van der Waals surface area contributed by atoms with Gasteiger partial charge in [-0.1, -0.05) is 46.3 Å². The van der Waals surface area contributed by atoms with Crippen molar-refractivity contribution in [3.05, 3.63) is 59.7 Å². The molecular weight excluding hydrogens is 332 g/mol. The molecule has 3 nitrogen and oxygen atoms in total. The highest BCUT2D eigenvalue weighted by atomic mass is 79.9. The van der Waals surface area contributed by atoms with E-state index in [2.05, 4.69) is 15.9 Å². The average molecular weight is 349 g/mol. The molecule has 0 aromatic heterocycles. The Morgan fingerprint density at radius 1 is 1.05 bits per heavy atom. The van der Waals surface area contributed by atoms with Crippen molar-refractivity contribution in [3.8, 4) is 11.5 Å². The van der Waals surface area contributed by atoms with Crippen molar-refractivity contribution < 1.29 is 14.3 Å². The molecule has 0 aliphatic heterocycles. The summed E-state index contributed by atoms with van der Waals surface area (Å²) in [5.74, 6) is 1.26. The lowest BCUT2D eigenvalue weighted by Crippen LogP contribution is -2.04. The van der Waals surface area contributed by atoms with E-state index in [1.165, 1.54) is 0 Å². The maximum Gasteiger partial charge on any atom is 0.173 e. The van der Waals surface area contributed by atoms with Gasteiger partial charge in [0.05, 0.1) is 11.9 Å². The van der Waals surface area contributed by atoms with E-state index in [0.29, 0.717) is 35.6 Å². The molecule has 0 amide bonds. The number of ketones is 1. The Morgan fingerprint density at radius 3 is 2.48 bits per heavy atom. The first-order valence-corrected chi connectivity index (χ1v) is 7.89. The first kappa shape index (κ1) is 15.6. The zero-order chi connectivity index (χ0) is 15.1. The van der Waals surface area contributed by atoms with E-state index in [1.54, 1.807) is 18.2 Å². The van der Waals surface area contributed by atoms with Gasteiger partial charge in [-0.15, -0.1) is 0 Å². The largest absolute Gasteiger partial charge is 0.490 e. The van der Waals surface area contributed by atoms with Gasteiger partial charge in [0.25, 0.3) is 0 Å². The summed E-state index contributed by atoms with van der Waals surface area (Å²) in [5.41, 5.74) is 1.68. The summed E-state index contributed by atoms with van der Waals surface area (Å²) < 4.78 is 11.4. The Bertz CT molecular complexity index is 596. The lowest BCUT2D eigenvalue weighted by atomic mass is 10.1. The van der Waals surface area contributed by atoms with E-state index in [9.17, 15) is 4.79 Å². The zero-order valence-electron chi connectivity index (χ0n) is 11.8. The van der Waals surface area contributed by atoms with Gasteiger partial charge >= 0.3 is 0 Å². The molecule has 0 saturated heterocycles. The Kier molecular flexibility index (Phi) is 5.81. The molecule has 0 spiro atoms. The van der Waals surface area contributed by atoms with Crippen LogP contribution in [0.5, 0.6) is 11.5 Å². The van der Waals surface area contributed by atoms with Crippen LogP contribution in [-0.2, 0) is 6.61 Å². The summed E-state index contributed by atoms with van der Waals surface area (Å²) >= 11 is 3.18. The standard InChI is InChI=1S/C17H17BrO3/c1-2-20-16-9-8-14(15(19)11-18)10-17(16)21-12-13-6-4-3-5-7-13/h3-10H,2,11-12H2,1H3. The minimum absolute atomic E-state index is 0.0163. The molecule has 0 aliphatic rings. The minimum atomic E-state index is 0.0163. The minimum Gasteiger partial charge on any atom is -0.490 e. The summed E-state index contributed by atoms with van der Waals surface area (Å²) in [6, 6.07) is 15.1. The molecule has 4 heteroatoms. The van der Waals surface area contributed by atoms with Crippen LogP contribution in [0.2, 0.25) is 0 Å². The Hall–Kier alpha value is -1.81. The molecule has 21 heavy (non-hydrogen) atoms. The molecule has 0 saturated carbocycles. The maximum absolute atomic E-state index is 11.8. The number of halogens is 1. The quantitative estimate of drug-likeness (QED) is 0.554. The van der Waals surface area contributed by atoms with E-state index in [1.807, 2.05) is 37.3 Å². The maximum atomic E-state index is 11.8. The van der Waals surface area contributed by atoms with Gasteiger partial charge < -0.3 is 9.47 Å². The van der Waals surface area contributed by atoms with Crippen molar-refractivity contribution in [1.29, 1.82) is 0 Å². The van der Waals surface area contributed by atoms with Gasteiger partial charge in [-0.2, -0.15) is 0 Å². The molecule has 110 valence electrons.